The van der Waals surface area contributed by atoms with E-state index < -0.39 is 5.41 Å². The number of carbonyl (C=O) groups excluding carboxylic acids is 1. The van der Waals surface area contributed by atoms with Crippen molar-refractivity contribution in [3.63, 3.8) is 0 Å². The number of aromatic nitrogens is 2. The maximum atomic E-state index is 13.1. The van der Waals surface area contributed by atoms with E-state index >= 15 is 0 Å². The molecule has 1 fully saturated rings. The Morgan fingerprint density at radius 1 is 1.26 bits per heavy atom. The van der Waals surface area contributed by atoms with Crippen LogP contribution in [0.15, 0.2) is 36.0 Å². The van der Waals surface area contributed by atoms with Crippen LogP contribution in [0.1, 0.15) is 38.2 Å². The second-order valence-electron chi connectivity index (χ2n) is 8.81. The fraction of sp³-hybridized carbons (Fsp3) is 0.500. The molecule has 3 aromatic rings. The average molecular weight is 518 g/mol. The lowest BCUT2D eigenvalue weighted by atomic mass is 9.74. The first kappa shape index (κ1) is 25.7. The molecule has 1 aliphatic rings. The van der Waals surface area contributed by atoms with Crippen molar-refractivity contribution < 1.29 is 19.0 Å². The monoisotopic (exact) mass is 517 g/mol. The van der Waals surface area contributed by atoms with Gasteiger partial charge in [-0.1, -0.05) is 22.9 Å². The van der Waals surface area contributed by atoms with Crippen LogP contribution < -0.4 is 9.47 Å². The summed E-state index contributed by atoms with van der Waals surface area (Å²) in [6, 6.07) is 5.83. The number of piperidine rings is 1. The van der Waals surface area contributed by atoms with Gasteiger partial charge in [-0.2, -0.15) is 0 Å². The number of benzene rings is 1. The number of halogens is 1. The highest BCUT2D eigenvalue weighted by molar-refractivity contribution is 7.11. The average Bonchev–Trinajstić information content (AvgIpc) is 3.40. The van der Waals surface area contributed by atoms with Crippen LogP contribution in [0.5, 0.6) is 10.9 Å². The smallest absolute Gasteiger partial charge is 0.312 e. The van der Waals surface area contributed by atoms with Gasteiger partial charge >= 0.3 is 5.97 Å². The lowest BCUT2D eigenvalue weighted by Gasteiger charge is -2.40. The van der Waals surface area contributed by atoms with Gasteiger partial charge in [-0.15, -0.1) is 0 Å². The maximum Gasteiger partial charge on any atom is 0.312 e. The van der Waals surface area contributed by atoms with E-state index in [4.69, 9.17) is 25.8 Å². The van der Waals surface area contributed by atoms with Gasteiger partial charge in [0, 0.05) is 29.7 Å². The van der Waals surface area contributed by atoms with Gasteiger partial charge in [0.1, 0.15) is 12.4 Å². The molecule has 0 aliphatic carbocycles. The first-order chi connectivity index (χ1) is 17.0. The summed E-state index contributed by atoms with van der Waals surface area (Å²) in [7, 11) is 1.65. The molecule has 4 rings (SSSR count). The fourth-order valence-corrected chi connectivity index (χ4v) is 5.53. The number of ether oxygens (including phenoxy) is 3. The van der Waals surface area contributed by atoms with E-state index in [-0.39, 0.29) is 5.97 Å². The summed E-state index contributed by atoms with van der Waals surface area (Å²) in [6.07, 6.45) is 7.37. The molecule has 35 heavy (non-hydrogen) atoms. The van der Waals surface area contributed by atoms with Crippen LogP contribution in [0.25, 0.3) is 10.9 Å². The minimum absolute atomic E-state index is 0.0777. The van der Waals surface area contributed by atoms with E-state index in [1.807, 2.05) is 30.5 Å². The highest BCUT2D eigenvalue weighted by atomic mass is 35.5. The van der Waals surface area contributed by atoms with Crippen molar-refractivity contribution in [1.29, 1.82) is 0 Å². The molecule has 2 aromatic heterocycles. The number of esters is 1. The molecule has 1 aromatic carbocycles. The number of pyridine rings is 1. The van der Waals surface area contributed by atoms with Gasteiger partial charge in [0.2, 0.25) is 0 Å². The van der Waals surface area contributed by atoms with Crippen LogP contribution in [0.4, 0.5) is 0 Å². The number of nitrogens with zero attached hydrogens (tertiary/aromatic N) is 3. The number of rotatable bonds is 11. The molecule has 0 spiro atoms. The molecular weight excluding hydrogens is 486 g/mol. The zero-order valence-corrected chi connectivity index (χ0v) is 21.9. The van der Waals surface area contributed by atoms with Crippen LogP contribution in [0.3, 0.4) is 0 Å². The van der Waals surface area contributed by atoms with Gasteiger partial charge in [-0.25, -0.2) is 4.98 Å². The van der Waals surface area contributed by atoms with E-state index in [2.05, 4.69) is 14.9 Å². The number of methoxy groups -OCH3 is 1. The minimum atomic E-state index is -0.463. The lowest BCUT2D eigenvalue weighted by molar-refractivity contribution is -0.159. The van der Waals surface area contributed by atoms with Crippen molar-refractivity contribution in [1.82, 2.24) is 14.9 Å². The van der Waals surface area contributed by atoms with Crippen LogP contribution in [0.2, 0.25) is 5.02 Å². The highest BCUT2D eigenvalue weighted by Crippen LogP contribution is 2.39. The summed E-state index contributed by atoms with van der Waals surface area (Å²) >= 11 is 8.05. The highest BCUT2D eigenvalue weighted by Gasteiger charge is 2.42. The van der Waals surface area contributed by atoms with Gasteiger partial charge in [0.05, 0.1) is 29.7 Å². The number of hydrogen-bond donors (Lipinski definition) is 0. The topological polar surface area (TPSA) is 73.8 Å². The van der Waals surface area contributed by atoms with E-state index in [0.717, 1.165) is 74.0 Å². The summed E-state index contributed by atoms with van der Waals surface area (Å²) in [5.74, 6) is 0.697. The molecule has 0 N–H and O–H groups in total. The van der Waals surface area contributed by atoms with E-state index in [1.54, 1.807) is 19.5 Å². The van der Waals surface area contributed by atoms with Crippen molar-refractivity contribution in [2.75, 3.05) is 40.0 Å². The second kappa shape index (κ2) is 12.0. The molecule has 1 aliphatic heterocycles. The Morgan fingerprint density at radius 3 is 2.80 bits per heavy atom. The van der Waals surface area contributed by atoms with Crippen molar-refractivity contribution in [2.45, 2.75) is 39.0 Å². The zero-order chi connectivity index (χ0) is 24.7. The molecule has 0 radical (unpaired) electrons. The largest absolute Gasteiger partial charge is 0.497 e. The normalized spacial score (nSPS) is 15.7. The third kappa shape index (κ3) is 6.23. The van der Waals surface area contributed by atoms with Crippen LogP contribution >= 0.6 is 22.9 Å². The quantitative estimate of drug-likeness (QED) is 0.315. The Labute approximate surface area is 215 Å². The maximum absolute atomic E-state index is 13.1. The zero-order valence-electron chi connectivity index (χ0n) is 20.3. The summed E-state index contributed by atoms with van der Waals surface area (Å²) in [5.41, 5.74) is 1.47. The van der Waals surface area contributed by atoms with Crippen molar-refractivity contribution in [3.8, 4) is 10.9 Å². The van der Waals surface area contributed by atoms with Crippen molar-refractivity contribution in [3.05, 3.63) is 46.6 Å². The number of fused-ring (bicyclic) bond motifs is 1. The molecule has 1 saturated heterocycles. The first-order valence-electron chi connectivity index (χ1n) is 12.1. The number of aryl methyl sites for hydroxylation is 1. The molecule has 9 heteroatoms. The molecule has 0 saturated carbocycles. The summed E-state index contributed by atoms with van der Waals surface area (Å²) in [5, 5.41) is 4.24. The predicted octanol–water partition coefficient (Wildman–Crippen LogP) is 5.40. The SMILES string of the molecule is CCOC(=O)C1(CCCc2c(Cl)cnc3ccc(OC)cc23)CCN(CCOc2nccs2)CC1. The summed E-state index contributed by atoms with van der Waals surface area (Å²) in [4.78, 5) is 24.0. The number of hydrogen-bond acceptors (Lipinski definition) is 8. The standard InChI is InChI=1S/C26H32ClN3O4S/c1-3-33-24(31)26(9-12-30(13-10-26)14-15-34-25-28-11-16-35-25)8-4-5-20-21-17-19(32-2)6-7-23(21)29-18-22(20)27/h6-7,11,16-18H,3-5,8-10,12-15H2,1-2H3. The summed E-state index contributed by atoms with van der Waals surface area (Å²) < 4.78 is 16.6. The molecule has 188 valence electrons. The van der Waals surface area contributed by atoms with E-state index in [1.165, 1.54) is 11.3 Å². The number of carbonyl (C=O) groups is 1. The molecule has 0 amide bonds. The minimum Gasteiger partial charge on any atom is -0.497 e. The van der Waals surface area contributed by atoms with Gasteiger partial charge in [0.25, 0.3) is 5.19 Å². The van der Waals surface area contributed by atoms with Crippen LogP contribution in [-0.4, -0.2) is 60.8 Å². The lowest BCUT2D eigenvalue weighted by Crippen LogP contribution is -2.46. The molecule has 7 nitrogen and oxygen atoms in total. The number of thiazole rings is 1. The van der Waals surface area contributed by atoms with Gasteiger partial charge in [-0.05, 0) is 75.9 Å². The van der Waals surface area contributed by atoms with Crippen molar-refractivity contribution >= 4 is 39.8 Å². The van der Waals surface area contributed by atoms with Crippen molar-refractivity contribution in [2.24, 2.45) is 5.41 Å². The van der Waals surface area contributed by atoms with Gasteiger partial charge < -0.3 is 14.2 Å². The van der Waals surface area contributed by atoms with Gasteiger partial charge in [-0.3, -0.25) is 14.7 Å². The molecule has 0 unspecified atom stereocenters. The van der Waals surface area contributed by atoms with Gasteiger partial charge in [0.15, 0.2) is 0 Å². The van der Waals surface area contributed by atoms with E-state index in [9.17, 15) is 4.79 Å². The Balaban J connectivity index is 1.39. The number of likely N-dealkylation sites (tertiary alicyclic amines) is 1. The third-order valence-electron chi connectivity index (χ3n) is 6.78. The molecule has 0 bridgehead atoms. The second-order valence-corrected chi connectivity index (χ2v) is 10.1. The third-order valence-corrected chi connectivity index (χ3v) is 7.79. The Morgan fingerprint density at radius 2 is 2.09 bits per heavy atom. The van der Waals surface area contributed by atoms with Crippen LogP contribution in [-0.2, 0) is 16.0 Å². The predicted molar refractivity (Wildman–Crippen MR) is 139 cm³/mol. The fourth-order valence-electron chi connectivity index (χ4n) is 4.78. The Hall–Kier alpha value is -2.42. The first-order valence-corrected chi connectivity index (χ1v) is 13.3. The van der Waals surface area contributed by atoms with Crippen LogP contribution in [0, 0.1) is 5.41 Å². The van der Waals surface area contributed by atoms with E-state index in [0.29, 0.717) is 23.4 Å². The molecule has 0 atom stereocenters. The Bertz CT molecular complexity index is 1120. The molecular formula is C26H32ClN3O4S. The Kier molecular flexibility index (Phi) is 8.81. The summed E-state index contributed by atoms with van der Waals surface area (Å²) in [6.45, 7) is 5.36. The molecule has 3 heterocycles.